The summed E-state index contributed by atoms with van der Waals surface area (Å²) in [6.07, 6.45) is 1.92. The first-order valence-electron chi connectivity index (χ1n) is 6.39. The van der Waals surface area contributed by atoms with E-state index in [4.69, 9.17) is 0 Å². The van der Waals surface area contributed by atoms with Gasteiger partial charge in [0.15, 0.2) is 0 Å². The zero-order chi connectivity index (χ0) is 12.9. The van der Waals surface area contributed by atoms with E-state index in [2.05, 4.69) is 16.8 Å². The molecule has 0 atom stereocenters. The van der Waals surface area contributed by atoms with E-state index in [1.54, 1.807) is 0 Å². The molecule has 17 heavy (non-hydrogen) atoms. The van der Waals surface area contributed by atoms with E-state index in [-0.39, 0.29) is 5.91 Å². The van der Waals surface area contributed by atoms with Crippen molar-refractivity contribution in [3.8, 4) is 0 Å². The third kappa shape index (κ3) is 3.82. The smallest absolute Gasteiger partial charge is 0.242 e. The number of likely N-dealkylation sites (N-methyl/N-ethyl adjacent to an activating group) is 1. The molecule has 4 nitrogen and oxygen atoms in total. The van der Waals surface area contributed by atoms with E-state index in [9.17, 15) is 4.79 Å². The van der Waals surface area contributed by atoms with Gasteiger partial charge < -0.3 is 10.2 Å². The Morgan fingerprint density at radius 2 is 1.94 bits per heavy atom. The highest BCUT2D eigenvalue weighted by atomic mass is 16.2. The fourth-order valence-corrected chi connectivity index (χ4v) is 2.23. The molecule has 0 aliphatic carbocycles. The minimum absolute atomic E-state index is 0.206. The van der Waals surface area contributed by atoms with E-state index in [1.807, 2.05) is 31.7 Å². The first kappa shape index (κ1) is 14.2. The number of amides is 1. The summed E-state index contributed by atoms with van der Waals surface area (Å²) in [5.74, 6) is 0.206. The van der Waals surface area contributed by atoms with Gasteiger partial charge >= 0.3 is 0 Å². The summed E-state index contributed by atoms with van der Waals surface area (Å²) in [6, 6.07) is 0. The molecule has 0 aromatic rings. The molecule has 1 amide bonds. The highest BCUT2D eigenvalue weighted by Gasteiger charge is 2.32. The average molecular weight is 239 g/mol. The molecule has 0 bridgehead atoms. The molecule has 0 saturated carbocycles. The van der Waals surface area contributed by atoms with Crippen LogP contribution in [-0.2, 0) is 4.79 Å². The molecule has 0 aromatic carbocycles. The van der Waals surface area contributed by atoms with Crippen LogP contribution in [0.2, 0.25) is 0 Å². The van der Waals surface area contributed by atoms with E-state index in [0.717, 1.165) is 39.3 Å². The lowest BCUT2D eigenvalue weighted by molar-refractivity contribution is -0.138. The number of piperazine rings is 1. The Kier molecular flexibility index (Phi) is 5.15. The van der Waals surface area contributed by atoms with Crippen LogP contribution < -0.4 is 5.32 Å². The van der Waals surface area contributed by atoms with Crippen LogP contribution in [0.5, 0.6) is 0 Å². The predicted molar refractivity (Wildman–Crippen MR) is 71.0 cm³/mol. The second kappa shape index (κ2) is 6.17. The molecule has 0 radical (unpaired) electrons. The van der Waals surface area contributed by atoms with Crippen LogP contribution in [0.15, 0.2) is 12.7 Å². The summed E-state index contributed by atoms with van der Waals surface area (Å²) in [6.45, 7) is 14.9. The Morgan fingerprint density at radius 1 is 1.35 bits per heavy atom. The molecule has 1 aliphatic heterocycles. The van der Waals surface area contributed by atoms with Crippen molar-refractivity contribution < 1.29 is 4.79 Å². The number of nitrogens with zero attached hydrogens (tertiary/aromatic N) is 2. The van der Waals surface area contributed by atoms with E-state index >= 15 is 0 Å². The van der Waals surface area contributed by atoms with Gasteiger partial charge in [0.2, 0.25) is 5.91 Å². The topological polar surface area (TPSA) is 35.6 Å². The predicted octanol–water partition coefficient (Wildman–Crippen LogP) is 0.705. The summed E-state index contributed by atoms with van der Waals surface area (Å²) in [4.78, 5) is 16.6. The molecule has 0 unspecified atom stereocenters. The van der Waals surface area contributed by atoms with Crippen LogP contribution in [0.4, 0.5) is 0 Å². The summed E-state index contributed by atoms with van der Waals surface area (Å²) < 4.78 is 0. The van der Waals surface area contributed by atoms with Gasteiger partial charge in [-0.05, 0) is 20.4 Å². The van der Waals surface area contributed by atoms with Crippen molar-refractivity contribution in [3.63, 3.8) is 0 Å². The number of hydrogen-bond acceptors (Lipinski definition) is 3. The Morgan fingerprint density at radius 3 is 2.41 bits per heavy atom. The number of hydrogen-bond donors (Lipinski definition) is 1. The van der Waals surface area contributed by atoms with Crippen molar-refractivity contribution >= 4 is 5.91 Å². The minimum atomic E-state index is -0.449. The number of carbonyl (C=O) groups is 1. The van der Waals surface area contributed by atoms with Crippen molar-refractivity contribution in [2.24, 2.45) is 0 Å². The van der Waals surface area contributed by atoms with Crippen molar-refractivity contribution in [3.05, 3.63) is 12.7 Å². The van der Waals surface area contributed by atoms with Crippen molar-refractivity contribution in [1.82, 2.24) is 15.1 Å². The van der Waals surface area contributed by atoms with Crippen LogP contribution in [0.25, 0.3) is 0 Å². The van der Waals surface area contributed by atoms with Crippen LogP contribution in [-0.4, -0.2) is 60.5 Å². The molecule has 0 aromatic heterocycles. The molecule has 1 aliphatic rings. The van der Waals surface area contributed by atoms with Gasteiger partial charge in [-0.2, -0.15) is 0 Å². The highest BCUT2D eigenvalue weighted by molar-refractivity contribution is 5.85. The van der Waals surface area contributed by atoms with Gasteiger partial charge in [0.05, 0.1) is 5.54 Å². The second-order valence-electron chi connectivity index (χ2n) is 5.04. The fraction of sp³-hybridized carbons (Fsp3) is 0.769. The quantitative estimate of drug-likeness (QED) is 0.718. The van der Waals surface area contributed by atoms with Gasteiger partial charge in [0, 0.05) is 32.7 Å². The summed E-state index contributed by atoms with van der Waals surface area (Å²) in [5, 5.41) is 3.23. The Hall–Kier alpha value is -0.870. The molecule has 1 saturated heterocycles. The zero-order valence-corrected chi connectivity index (χ0v) is 11.3. The molecule has 1 N–H and O–H groups in total. The Bertz CT molecular complexity index is 268. The molecule has 1 fully saturated rings. The number of nitrogens with one attached hydrogen (secondary N) is 1. The van der Waals surface area contributed by atoms with Gasteiger partial charge in [-0.25, -0.2) is 0 Å². The first-order chi connectivity index (χ1) is 8.01. The monoisotopic (exact) mass is 239 g/mol. The standard InChI is InChI=1S/C13H25N3O/c1-5-7-15-8-10-16(11-9-15)12(17)13(3,4)14-6-2/h5,14H,1,6-11H2,2-4H3. The lowest BCUT2D eigenvalue weighted by Crippen LogP contribution is -2.58. The van der Waals surface area contributed by atoms with E-state index in [0.29, 0.717) is 0 Å². The second-order valence-corrected chi connectivity index (χ2v) is 5.04. The van der Waals surface area contributed by atoms with E-state index < -0.39 is 5.54 Å². The lowest BCUT2D eigenvalue weighted by atomic mass is 10.0. The maximum absolute atomic E-state index is 12.3. The molecule has 4 heteroatoms. The van der Waals surface area contributed by atoms with Crippen LogP contribution in [0.1, 0.15) is 20.8 Å². The van der Waals surface area contributed by atoms with Gasteiger partial charge in [-0.15, -0.1) is 6.58 Å². The molecule has 0 spiro atoms. The third-order valence-electron chi connectivity index (χ3n) is 3.20. The maximum Gasteiger partial charge on any atom is 0.242 e. The largest absolute Gasteiger partial charge is 0.339 e. The van der Waals surface area contributed by atoms with Crippen molar-refractivity contribution in [2.45, 2.75) is 26.3 Å². The van der Waals surface area contributed by atoms with Crippen LogP contribution in [0, 0.1) is 0 Å². The number of rotatable bonds is 5. The van der Waals surface area contributed by atoms with Gasteiger partial charge in [-0.1, -0.05) is 13.0 Å². The molecular weight excluding hydrogens is 214 g/mol. The lowest BCUT2D eigenvalue weighted by Gasteiger charge is -2.38. The fourth-order valence-electron chi connectivity index (χ4n) is 2.23. The average Bonchev–Trinajstić information content (AvgIpc) is 2.29. The summed E-state index contributed by atoms with van der Waals surface area (Å²) >= 11 is 0. The number of carbonyl (C=O) groups excluding carboxylic acids is 1. The molecular formula is C13H25N3O. The van der Waals surface area contributed by atoms with Crippen LogP contribution >= 0.6 is 0 Å². The minimum Gasteiger partial charge on any atom is -0.339 e. The Balaban J connectivity index is 2.48. The molecule has 1 rings (SSSR count). The SMILES string of the molecule is C=CCN1CCN(C(=O)C(C)(C)NCC)CC1. The molecule has 98 valence electrons. The summed E-state index contributed by atoms with van der Waals surface area (Å²) in [5.41, 5.74) is -0.449. The normalized spacial score (nSPS) is 18.2. The van der Waals surface area contributed by atoms with Crippen LogP contribution in [0.3, 0.4) is 0 Å². The van der Waals surface area contributed by atoms with Gasteiger partial charge in [0.25, 0.3) is 0 Å². The van der Waals surface area contributed by atoms with Gasteiger partial charge in [-0.3, -0.25) is 9.69 Å². The molecule has 1 heterocycles. The van der Waals surface area contributed by atoms with Gasteiger partial charge in [0.1, 0.15) is 0 Å². The maximum atomic E-state index is 12.3. The van der Waals surface area contributed by atoms with Crippen molar-refractivity contribution in [1.29, 1.82) is 0 Å². The summed E-state index contributed by atoms with van der Waals surface area (Å²) in [7, 11) is 0. The third-order valence-corrected chi connectivity index (χ3v) is 3.20. The van der Waals surface area contributed by atoms with Crippen molar-refractivity contribution in [2.75, 3.05) is 39.3 Å². The van der Waals surface area contributed by atoms with E-state index in [1.165, 1.54) is 0 Å². The zero-order valence-electron chi connectivity index (χ0n) is 11.3. The Labute approximate surface area is 105 Å². The highest BCUT2D eigenvalue weighted by Crippen LogP contribution is 2.11. The first-order valence-corrected chi connectivity index (χ1v) is 6.39.